The standard InChI is InChI=1S/C13H19NO/c1-3-10-9-11(6-7-13(10)15-2)12-5-4-8-14-12/h6-7,9,12,14H,3-5,8H2,1-2H3. The van der Waals surface area contributed by atoms with E-state index in [4.69, 9.17) is 4.74 Å². The summed E-state index contributed by atoms with van der Waals surface area (Å²) in [4.78, 5) is 0. The van der Waals surface area contributed by atoms with Crippen LogP contribution in [0.3, 0.4) is 0 Å². The first-order valence-electron chi connectivity index (χ1n) is 5.75. The maximum absolute atomic E-state index is 5.33. The Balaban J connectivity index is 2.25. The van der Waals surface area contributed by atoms with Crippen LogP contribution in [0.25, 0.3) is 0 Å². The summed E-state index contributed by atoms with van der Waals surface area (Å²) in [6.45, 7) is 3.32. The molecule has 1 atom stereocenters. The van der Waals surface area contributed by atoms with Crippen LogP contribution in [0.1, 0.15) is 36.9 Å². The molecule has 0 amide bonds. The summed E-state index contributed by atoms with van der Waals surface area (Å²) in [6, 6.07) is 7.11. The quantitative estimate of drug-likeness (QED) is 0.819. The van der Waals surface area contributed by atoms with Gasteiger partial charge in [0.1, 0.15) is 5.75 Å². The molecule has 1 heterocycles. The zero-order valence-electron chi connectivity index (χ0n) is 9.55. The second-order valence-electron chi connectivity index (χ2n) is 4.07. The van der Waals surface area contributed by atoms with E-state index in [0.717, 1.165) is 18.7 Å². The molecule has 0 saturated carbocycles. The number of aryl methyl sites for hydroxylation is 1. The third-order valence-electron chi connectivity index (χ3n) is 3.15. The van der Waals surface area contributed by atoms with Crippen molar-refractivity contribution in [2.45, 2.75) is 32.2 Å². The maximum atomic E-state index is 5.33. The second-order valence-corrected chi connectivity index (χ2v) is 4.07. The van der Waals surface area contributed by atoms with Crippen molar-refractivity contribution >= 4 is 0 Å². The molecule has 82 valence electrons. The lowest BCUT2D eigenvalue weighted by Gasteiger charge is -2.14. The van der Waals surface area contributed by atoms with Crippen LogP contribution in [-0.4, -0.2) is 13.7 Å². The summed E-state index contributed by atoms with van der Waals surface area (Å²) in [5.41, 5.74) is 2.72. The van der Waals surface area contributed by atoms with E-state index in [9.17, 15) is 0 Å². The first kappa shape index (κ1) is 10.5. The smallest absolute Gasteiger partial charge is 0.122 e. The number of hydrogen-bond donors (Lipinski definition) is 1. The largest absolute Gasteiger partial charge is 0.496 e. The van der Waals surface area contributed by atoms with E-state index in [2.05, 4.69) is 30.4 Å². The van der Waals surface area contributed by atoms with E-state index in [-0.39, 0.29) is 0 Å². The van der Waals surface area contributed by atoms with Crippen molar-refractivity contribution in [1.29, 1.82) is 0 Å². The molecule has 1 aliphatic rings. The summed E-state index contributed by atoms with van der Waals surface area (Å²) in [6.07, 6.45) is 3.58. The fraction of sp³-hybridized carbons (Fsp3) is 0.538. The van der Waals surface area contributed by atoms with Gasteiger partial charge in [-0.05, 0) is 43.0 Å². The first-order chi connectivity index (χ1) is 7.35. The van der Waals surface area contributed by atoms with Crippen LogP contribution < -0.4 is 10.1 Å². The van der Waals surface area contributed by atoms with Crippen molar-refractivity contribution in [2.24, 2.45) is 0 Å². The Morgan fingerprint density at radius 1 is 1.47 bits per heavy atom. The minimum atomic E-state index is 0.557. The number of rotatable bonds is 3. The van der Waals surface area contributed by atoms with Crippen LogP contribution >= 0.6 is 0 Å². The molecule has 1 saturated heterocycles. The molecule has 1 aromatic carbocycles. The van der Waals surface area contributed by atoms with E-state index in [1.807, 2.05) is 0 Å². The zero-order chi connectivity index (χ0) is 10.7. The van der Waals surface area contributed by atoms with Crippen molar-refractivity contribution in [3.05, 3.63) is 29.3 Å². The van der Waals surface area contributed by atoms with Gasteiger partial charge in [-0.1, -0.05) is 19.1 Å². The highest BCUT2D eigenvalue weighted by molar-refractivity contribution is 5.38. The van der Waals surface area contributed by atoms with E-state index in [1.165, 1.54) is 24.0 Å². The van der Waals surface area contributed by atoms with Gasteiger partial charge < -0.3 is 10.1 Å². The average molecular weight is 205 g/mol. The van der Waals surface area contributed by atoms with E-state index in [1.54, 1.807) is 7.11 Å². The minimum absolute atomic E-state index is 0.557. The molecule has 1 aliphatic heterocycles. The van der Waals surface area contributed by atoms with Gasteiger partial charge in [-0.15, -0.1) is 0 Å². The van der Waals surface area contributed by atoms with Gasteiger partial charge in [0.25, 0.3) is 0 Å². The number of ether oxygens (including phenoxy) is 1. The molecule has 0 spiro atoms. The lowest BCUT2D eigenvalue weighted by atomic mass is 10.0. The molecule has 15 heavy (non-hydrogen) atoms. The van der Waals surface area contributed by atoms with Crippen molar-refractivity contribution in [3.63, 3.8) is 0 Å². The topological polar surface area (TPSA) is 21.3 Å². The minimum Gasteiger partial charge on any atom is -0.496 e. The summed E-state index contributed by atoms with van der Waals surface area (Å²) in [5.74, 6) is 1.01. The van der Waals surface area contributed by atoms with Crippen LogP contribution in [0.4, 0.5) is 0 Å². The first-order valence-corrected chi connectivity index (χ1v) is 5.75. The fourth-order valence-corrected chi connectivity index (χ4v) is 2.26. The Morgan fingerprint density at radius 3 is 2.93 bits per heavy atom. The Morgan fingerprint density at radius 2 is 2.33 bits per heavy atom. The lowest BCUT2D eigenvalue weighted by molar-refractivity contribution is 0.409. The monoisotopic (exact) mass is 205 g/mol. The molecule has 2 rings (SSSR count). The van der Waals surface area contributed by atoms with E-state index < -0.39 is 0 Å². The maximum Gasteiger partial charge on any atom is 0.122 e. The van der Waals surface area contributed by atoms with Crippen LogP contribution in [0.15, 0.2) is 18.2 Å². The third-order valence-corrected chi connectivity index (χ3v) is 3.15. The van der Waals surface area contributed by atoms with Crippen LogP contribution in [0, 0.1) is 0 Å². The molecule has 1 unspecified atom stereocenters. The van der Waals surface area contributed by atoms with Crippen molar-refractivity contribution in [3.8, 4) is 5.75 Å². The van der Waals surface area contributed by atoms with Gasteiger partial charge in [0.05, 0.1) is 7.11 Å². The Hall–Kier alpha value is -1.02. The predicted molar refractivity (Wildman–Crippen MR) is 62.3 cm³/mol. The van der Waals surface area contributed by atoms with E-state index in [0.29, 0.717) is 6.04 Å². The zero-order valence-corrected chi connectivity index (χ0v) is 9.55. The summed E-state index contributed by atoms with van der Waals surface area (Å²) < 4.78 is 5.33. The highest BCUT2D eigenvalue weighted by Gasteiger charge is 2.16. The van der Waals surface area contributed by atoms with Crippen LogP contribution in [-0.2, 0) is 6.42 Å². The molecule has 1 N–H and O–H groups in total. The molecule has 1 aromatic rings. The summed E-state index contributed by atoms with van der Waals surface area (Å²) in [7, 11) is 1.74. The molecule has 0 radical (unpaired) electrons. The number of benzene rings is 1. The molecule has 1 fully saturated rings. The highest BCUT2D eigenvalue weighted by Crippen LogP contribution is 2.28. The number of hydrogen-bond acceptors (Lipinski definition) is 2. The molecule has 2 nitrogen and oxygen atoms in total. The molecular formula is C13H19NO. The van der Waals surface area contributed by atoms with Crippen molar-refractivity contribution in [1.82, 2.24) is 5.32 Å². The van der Waals surface area contributed by atoms with Gasteiger partial charge in [0.15, 0.2) is 0 Å². The van der Waals surface area contributed by atoms with Gasteiger partial charge in [-0.3, -0.25) is 0 Å². The Labute approximate surface area is 91.6 Å². The molecule has 2 heteroatoms. The number of nitrogens with one attached hydrogen (secondary N) is 1. The SMILES string of the molecule is CCc1cc(C2CCCN2)ccc1OC. The summed E-state index contributed by atoms with van der Waals surface area (Å²) in [5, 5.41) is 3.52. The normalized spacial score (nSPS) is 20.5. The average Bonchev–Trinajstić information content (AvgIpc) is 2.81. The van der Waals surface area contributed by atoms with Gasteiger partial charge in [0, 0.05) is 6.04 Å². The predicted octanol–water partition coefficient (Wildman–Crippen LogP) is 2.68. The number of methoxy groups -OCH3 is 1. The van der Waals surface area contributed by atoms with Gasteiger partial charge in [0.2, 0.25) is 0 Å². The van der Waals surface area contributed by atoms with Gasteiger partial charge in [-0.25, -0.2) is 0 Å². The van der Waals surface area contributed by atoms with Crippen molar-refractivity contribution < 1.29 is 4.74 Å². The summed E-state index contributed by atoms with van der Waals surface area (Å²) >= 11 is 0. The fourth-order valence-electron chi connectivity index (χ4n) is 2.26. The lowest BCUT2D eigenvalue weighted by Crippen LogP contribution is -2.13. The molecular weight excluding hydrogens is 186 g/mol. The van der Waals surface area contributed by atoms with Crippen molar-refractivity contribution in [2.75, 3.05) is 13.7 Å². The van der Waals surface area contributed by atoms with Gasteiger partial charge in [-0.2, -0.15) is 0 Å². The Bertz CT molecular complexity index is 329. The van der Waals surface area contributed by atoms with Crippen LogP contribution in [0.5, 0.6) is 5.75 Å². The highest BCUT2D eigenvalue weighted by atomic mass is 16.5. The van der Waals surface area contributed by atoms with Crippen LogP contribution in [0.2, 0.25) is 0 Å². The van der Waals surface area contributed by atoms with Gasteiger partial charge >= 0.3 is 0 Å². The second kappa shape index (κ2) is 4.67. The molecule has 0 aliphatic carbocycles. The Kier molecular flexibility index (Phi) is 3.27. The molecule has 0 aromatic heterocycles. The van der Waals surface area contributed by atoms with E-state index >= 15 is 0 Å². The third kappa shape index (κ3) is 2.15. The molecule has 0 bridgehead atoms.